The summed E-state index contributed by atoms with van der Waals surface area (Å²) in [7, 11) is 1.81. The van der Waals surface area contributed by atoms with E-state index in [4.69, 9.17) is 0 Å². The Hall–Kier alpha value is -1.76. The minimum atomic E-state index is -2.75. The quantitative estimate of drug-likeness (QED) is 0.592. The average Bonchev–Trinajstić information content (AvgIpc) is 2.36. The normalized spacial score (nSPS) is 12.5. The molecule has 5 nitrogen and oxygen atoms in total. The Bertz CT molecular complexity index is 441. The molecule has 0 heterocycles. The zero-order chi connectivity index (χ0) is 14.4. The summed E-state index contributed by atoms with van der Waals surface area (Å²) >= 11 is 0. The molecule has 1 aromatic carbocycles. The molecule has 1 rings (SSSR count). The van der Waals surface area contributed by atoms with E-state index in [0.717, 1.165) is 12.6 Å². The Morgan fingerprint density at radius 2 is 2.05 bits per heavy atom. The van der Waals surface area contributed by atoms with Crippen molar-refractivity contribution in [2.75, 3.05) is 25.5 Å². The van der Waals surface area contributed by atoms with E-state index in [0.29, 0.717) is 6.54 Å². The molecular weight excluding hydrogens is 256 g/mol. The van der Waals surface area contributed by atoms with Gasteiger partial charge in [0.2, 0.25) is 0 Å². The fourth-order valence-corrected chi connectivity index (χ4v) is 1.71. The van der Waals surface area contributed by atoms with E-state index in [2.05, 4.69) is 10.6 Å². The van der Waals surface area contributed by atoms with Gasteiger partial charge < -0.3 is 10.6 Å². The van der Waals surface area contributed by atoms with Crippen LogP contribution in [0, 0.1) is 16.0 Å². The number of nitro benzene ring substituents is 1. The lowest BCUT2D eigenvalue weighted by Crippen LogP contribution is -2.23. The van der Waals surface area contributed by atoms with Crippen molar-refractivity contribution in [3.8, 4) is 0 Å². The molecule has 0 amide bonds. The Kier molecular flexibility index (Phi) is 5.62. The first-order chi connectivity index (χ1) is 8.95. The van der Waals surface area contributed by atoms with Crippen LogP contribution in [0.4, 0.5) is 20.2 Å². The summed E-state index contributed by atoms with van der Waals surface area (Å²) < 4.78 is 25.7. The van der Waals surface area contributed by atoms with Crippen molar-refractivity contribution in [1.29, 1.82) is 0 Å². The van der Waals surface area contributed by atoms with Crippen LogP contribution in [0.2, 0.25) is 0 Å². The molecule has 0 fully saturated rings. The number of hydrogen-bond donors (Lipinski definition) is 2. The number of alkyl halides is 2. The van der Waals surface area contributed by atoms with Crippen molar-refractivity contribution >= 4 is 11.4 Å². The van der Waals surface area contributed by atoms with Crippen molar-refractivity contribution in [2.45, 2.75) is 13.3 Å². The summed E-state index contributed by atoms with van der Waals surface area (Å²) in [5, 5.41) is 16.5. The van der Waals surface area contributed by atoms with Gasteiger partial charge in [0.25, 0.3) is 12.1 Å². The van der Waals surface area contributed by atoms with E-state index in [1.54, 1.807) is 0 Å². The lowest BCUT2D eigenvalue weighted by Gasteiger charge is -2.15. The topological polar surface area (TPSA) is 67.2 Å². The van der Waals surface area contributed by atoms with Crippen LogP contribution < -0.4 is 10.6 Å². The smallest absolute Gasteiger partial charge is 0.270 e. The number of non-ortho nitro benzene ring substituents is 1. The fraction of sp³-hybridized carbons (Fsp3) is 0.500. The number of nitrogens with one attached hydrogen (secondary N) is 2. The third-order valence-electron chi connectivity index (χ3n) is 2.67. The van der Waals surface area contributed by atoms with Gasteiger partial charge in [0.05, 0.1) is 4.92 Å². The van der Waals surface area contributed by atoms with Crippen LogP contribution >= 0.6 is 0 Å². The molecule has 0 bridgehead atoms. The first kappa shape index (κ1) is 15.3. The van der Waals surface area contributed by atoms with E-state index in [9.17, 15) is 18.9 Å². The minimum absolute atomic E-state index is 0.239. The molecule has 0 spiro atoms. The highest BCUT2D eigenvalue weighted by atomic mass is 19.3. The number of hydrogen-bond acceptors (Lipinski definition) is 4. The number of nitro groups is 1. The maximum Gasteiger partial charge on any atom is 0.270 e. The van der Waals surface area contributed by atoms with Crippen LogP contribution in [0.15, 0.2) is 18.2 Å². The number of nitrogens with zero attached hydrogens (tertiary/aromatic N) is 1. The third-order valence-corrected chi connectivity index (χ3v) is 2.67. The first-order valence-electron chi connectivity index (χ1n) is 5.90. The van der Waals surface area contributed by atoms with Gasteiger partial charge in [-0.15, -0.1) is 0 Å². The highest BCUT2D eigenvalue weighted by Crippen LogP contribution is 2.30. The second kappa shape index (κ2) is 6.98. The van der Waals surface area contributed by atoms with E-state index >= 15 is 0 Å². The number of rotatable bonds is 7. The maximum absolute atomic E-state index is 12.9. The van der Waals surface area contributed by atoms with E-state index in [-0.39, 0.29) is 22.9 Å². The van der Waals surface area contributed by atoms with Crippen LogP contribution in [0.5, 0.6) is 0 Å². The highest BCUT2D eigenvalue weighted by molar-refractivity contribution is 5.56. The Labute approximate surface area is 110 Å². The van der Waals surface area contributed by atoms with Gasteiger partial charge in [-0.1, -0.05) is 6.92 Å². The molecule has 0 saturated carbocycles. The van der Waals surface area contributed by atoms with Gasteiger partial charge in [0.15, 0.2) is 0 Å². The fourth-order valence-electron chi connectivity index (χ4n) is 1.71. The Morgan fingerprint density at radius 1 is 1.37 bits per heavy atom. The molecule has 0 radical (unpaired) electrons. The zero-order valence-corrected chi connectivity index (χ0v) is 10.8. The summed E-state index contributed by atoms with van der Waals surface area (Å²) in [6, 6.07) is 3.46. The molecule has 1 atom stereocenters. The van der Waals surface area contributed by atoms with E-state index in [1.807, 2.05) is 14.0 Å². The van der Waals surface area contributed by atoms with Crippen molar-refractivity contribution in [3.63, 3.8) is 0 Å². The van der Waals surface area contributed by atoms with E-state index in [1.165, 1.54) is 12.1 Å². The summed E-state index contributed by atoms with van der Waals surface area (Å²) in [5.41, 5.74) is -0.432. The third kappa shape index (κ3) is 4.44. The molecule has 19 heavy (non-hydrogen) atoms. The molecular formula is C12H17F2N3O2. The largest absolute Gasteiger partial charge is 0.384 e. The number of halogens is 2. The van der Waals surface area contributed by atoms with Gasteiger partial charge in [0, 0.05) is 29.9 Å². The standard InChI is InChI=1S/C12H17F2N3O2/c1-8(6-15-2)7-16-11-4-3-9(17(18)19)5-10(11)12(13)14/h3-5,8,12,15-16H,6-7H2,1-2H3. The van der Waals surface area contributed by atoms with Gasteiger partial charge >= 0.3 is 0 Å². The van der Waals surface area contributed by atoms with Crippen LogP contribution in [0.25, 0.3) is 0 Å². The second-order valence-corrected chi connectivity index (χ2v) is 4.37. The number of anilines is 1. The van der Waals surface area contributed by atoms with E-state index < -0.39 is 11.3 Å². The van der Waals surface area contributed by atoms with Crippen LogP contribution in [-0.4, -0.2) is 25.1 Å². The molecule has 7 heteroatoms. The Morgan fingerprint density at radius 3 is 2.58 bits per heavy atom. The van der Waals surface area contributed by atoms with Gasteiger partial charge in [-0.3, -0.25) is 10.1 Å². The lowest BCUT2D eigenvalue weighted by molar-refractivity contribution is -0.385. The SMILES string of the molecule is CNCC(C)CNc1ccc([N+](=O)[O-])cc1C(F)F. The molecule has 0 saturated heterocycles. The maximum atomic E-state index is 12.9. The molecule has 0 aliphatic heterocycles. The van der Waals surface area contributed by atoms with Gasteiger partial charge in [0.1, 0.15) is 0 Å². The van der Waals surface area contributed by atoms with Gasteiger partial charge in [-0.25, -0.2) is 8.78 Å². The van der Waals surface area contributed by atoms with Crippen LogP contribution in [-0.2, 0) is 0 Å². The predicted molar refractivity (Wildman–Crippen MR) is 69.6 cm³/mol. The van der Waals surface area contributed by atoms with Crippen LogP contribution in [0.3, 0.4) is 0 Å². The minimum Gasteiger partial charge on any atom is -0.384 e. The lowest BCUT2D eigenvalue weighted by atomic mass is 10.1. The van der Waals surface area contributed by atoms with Crippen molar-refractivity contribution in [1.82, 2.24) is 5.32 Å². The zero-order valence-electron chi connectivity index (χ0n) is 10.8. The monoisotopic (exact) mass is 273 g/mol. The van der Waals surface area contributed by atoms with Gasteiger partial charge in [-0.2, -0.15) is 0 Å². The molecule has 0 aliphatic rings. The molecule has 1 unspecified atom stereocenters. The predicted octanol–water partition coefficient (Wildman–Crippen LogP) is 2.80. The highest BCUT2D eigenvalue weighted by Gasteiger charge is 2.18. The Balaban J connectivity index is 2.85. The van der Waals surface area contributed by atoms with Gasteiger partial charge in [-0.05, 0) is 25.6 Å². The van der Waals surface area contributed by atoms with Crippen LogP contribution in [0.1, 0.15) is 18.9 Å². The molecule has 106 valence electrons. The summed E-state index contributed by atoms with van der Waals surface area (Å²) in [6.45, 7) is 3.24. The number of benzene rings is 1. The molecule has 0 aliphatic carbocycles. The van der Waals surface area contributed by atoms with Crippen molar-refractivity contribution < 1.29 is 13.7 Å². The summed E-state index contributed by atoms with van der Waals surface area (Å²) in [5.74, 6) is 0.255. The summed E-state index contributed by atoms with van der Waals surface area (Å²) in [4.78, 5) is 9.89. The first-order valence-corrected chi connectivity index (χ1v) is 5.90. The summed E-state index contributed by atoms with van der Waals surface area (Å²) in [6.07, 6.45) is -2.75. The average molecular weight is 273 g/mol. The second-order valence-electron chi connectivity index (χ2n) is 4.37. The molecule has 2 N–H and O–H groups in total. The molecule has 0 aromatic heterocycles. The molecule has 1 aromatic rings. The van der Waals surface area contributed by atoms with Crippen molar-refractivity contribution in [2.24, 2.45) is 5.92 Å². The van der Waals surface area contributed by atoms with Crippen molar-refractivity contribution in [3.05, 3.63) is 33.9 Å².